The van der Waals surface area contributed by atoms with Gasteiger partial charge in [0.15, 0.2) is 0 Å². The summed E-state index contributed by atoms with van der Waals surface area (Å²) in [5.41, 5.74) is 1.30. The number of carbonyl (C=O) groups excluding carboxylic acids is 1. The molecule has 1 aliphatic heterocycles. The molecular formula is C20H27N3O3S. The summed E-state index contributed by atoms with van der Waals surface area (Å²) in [6.07, 6.45) is 1.21. The van der Waals surface area contributed by atoms with Gasteiger partial charge in [0, 0.05) is 18.7 Å². The van der Waals surface area contributed by atoms with Gasteiger partial charge in [0.2, 0.25) is 0 Å². The zero-order valence-electron chi connectivity index (χ0n) is 16.3. The Labute approximate surface area is 164 Å². The van der Waals surface area contributed by atoms with Crippen molar-refractivity contribution in [3.8, 4) is 16.3 Å². The number of urea groups is 1. The van der Waals surface area contributed by atoms with Crippen molar-refractivity contribution in [2.24, 2.45) is 0 Å². The molecule has 1 unspecified atom stereocenters. The molecule has 1 fully saturated rings. The molecule has 1 saturated heterocycles. The van der Waals surface area contributed by atoms with Crippen LogP contribution in [0.4, 0.5) is 4.79 Å². The molecule has 2 N–H and O–H groups in total. The Kier molecular flexibility index (Phi) is 5.72. The maximum Gasteiger partial charge on any atom is 0.317 e. The highest BCUT2D eigenvalue weighted by Crippen LogP contribution is 2.32. The minimum Gasteiger partial charge on any atom is -0.497 e. The number of nitrogens with one attached hydrogen (secondary N) is 1. The summed E-state index contributed by atoms with van der Waals surface area (Å²) in [6, 6.07) is 7.61. The molecule has 6 nitrogen and oxygen atoms in total. The number of carbonyl (C=O) groups is 1. The average molecular weight is 390 g/mol. The lowest BCUT2D eigenvalue weighted by atomic mass is 9.94. The number of aliphatic hydroxyl groups is 1. The topological polar surface area (TPSA) is 74.7 Å². The van der Waals surface area contributed by atoms with Crippen LogP contribution in [-0.4, -0.2) is 46.8 Å². The summed E-state index contributed by atoms with van der Waals surface area (Å²) < 4.78 is 5.20. The van der Waals surface area contributed by atoms with Gasteiger partial charge in [0.1, 0.15) is 10.8 Å². The van der Waals surface area contributed by atoms with Crippen LogP contribution < -0.4 is 10.1 Å². The monoisotopic (exact) mass is 389 g/mol. The number of hydrogen-bond donors (Lipinski definition) is 2. The number of amides is 2. The standard InChI is InChI=1S/C20H27N3O3S/c1-13-17(27-18(21-13)15-5-7-16(26-4)8-6-15)14(2)22-19(24)23-11-9-20(3,25)10-12-23/h5-8,14,25H,9-12H2,1-4H3,(H,22,24). The maximum atomic E-state index is 12.6. The zero-order chi connectivity index (χ0) is 19.6. The third kappa shape index (κ3) is 4.59. The summed E-state index contributed by atoms with van der Waals surface area (Å²) in [5, 5.41) is 14.0. The molecule has 0 radical (unpaired) electrons. The average Bonchev–Trinajstić information content (AvgIpc) is 3.03. The number of benzene rings is 1. The summed E-state index contributed by atoms with van der Waals surface area (Å²) in [4.78, 5) is 20.1. The van der Waals surface area contributed by atoms with E-state index in [0.717, 1.165) is 26.9 Å². The van der Waals surface area contributed by atoms with Crippen LogP contribution in [0.2, 0.25) is 0 Å². The van der Waals surface area contributed by atoms with E-state index >= 15 is 0 Å². The highest BCUT2D eigenvalue weighted by Gasteiger charge is 2.30. The van der Waals surface area contributed by atoms with Gasteiger partial charge >= 0.3 is 6.03 Å². The van der Waals surface area contributed by atoms with Crippen LogP contribution in [-0.2, 0) is 0 Å². The number of aryl methyl sites for hydroxylation is 1. The van der Waals surface area contributed by atoms with Crippen molar-refractivity contribution < 1.29 is 14.6 Å². The smallest absolute Gasteiger partial charge is 0.317 e. The molecule has 0 bridgehead atoms. The summed E-state index contributed by atoms with van der Waals surface area (Å²) >= 11 is 1.60. The highest BCUT2D eigenvalue weighted by atomic mass is 32.1. The number of nitrogens with zero attached hydrogens (tertiary/aromatic N) is 2. The van der Waals surface area contributed by atoms with Crippen LogP contribution in [0.15, 0.2) is 24.3 Å². The number of ether oxygens (including phenoxy) is 1. The lowest BCUT2D eigenvalue weighted by Gasteiger charge is -2.36. The van der Waals surface area contributed by atoms with Crippen molar-refractivity contribution in [1.82, 2.24) is 15.2 Å². The predicted octanol–water partition coefficient (Wildman–Crippen LogP) is 3.74. The molecule has 0 saturated carbocycles. The third-order valence-corrected chi connectivity index (χ3v) is 6.42. The number of rotatable bonds is 4. The quantitative estimate of drug-likeness (QED) is 0.835. The minimum atomic E-state index is -0.663. The van der Waals surface area contributed by atoms with Crippen LogP contribution in [0.1, 0.15) is 43.3 Å². The summed E-state index contributed by atoms with van der Waals surface area (Å²) in [6.45, 7) is 6.93. The van der Waals surface area contributed by atoms with E-state index in [0.29, 0.717) is 25.9 Å². The lowest BCUT2D eigenvalue weighted by Crippen LogP contribution is -2.49. The molecule has 7 heteroatoms. The van der Waals surface area contributed by atoms with E-state index in [1.807, 2.05) is 45.0 Å². The number of aromatic nitrogens is 1. The second kappa shape index (κ2) is 7.86. The molecule has 2 aromatic rings. The van der Waals surface area contributed by atoms with Crippen molar-refractivity contribution >= 4 is 17.4 Å². The van der Waals surface area contributed by atoms with Gasteiger partial charge in [0.25, 0.3) is 0 Å². The van der Waals surface area contributed by atoms with Crippen LogP contribution >= 0.6 is 11.3 Å². The van der Waals surface area contributed by atoms with E-state index in [1.54, 1.807) is 23.3 Å². The SMILES string of the molecule is COc1ccc(-c2nc(C)c(C(C)NC(=O)N3CCC(C)(O)CC3)s2)cc1. The first-order valence-corrected chi connectivity index (χ1v) is 10.0. The number of thiazole rings is 1. The van der Waals surface area contributed by atoms with Gasteiger partial charge in [-0.3, -0.25) is 0 Å². The van der Waals surface area contributed by atoms with Crippen molar-refractivity contribution in [2.75, 3.05) is 20.2 Å². The van der Waals surface area contributed by atoms with Crippen molar-refractivity contribution in [3.05, 3.63) is 34.8 Å². The molecular weight excluding hydrogens is 362 g/mol. The second-order valence-corrected chi connectivity index (χ2v) is 8.38. The Hall–Kier alpha value is -2.12. The van der Waals surface area contributed by atoms with Crippen LogP contribution in [0, 0.1) is 6.92 Å². The molecule has 27 heavy (non-hydrogen) atoms. The third-order valence-electron chi connectivity index (χ3n) is 5.03. The molecule has 146 valence electrons. The highest BCUT2D eigenvalue weighted by molar-refractivity contribution is 7.15. The van der Waals surface area contributed by atoms with Gasteiger partial charge in [-0.2, -0.15) is 0 Å². The first-order chi connectivity index (χ1) is 12.8. The fourth-order valence-electron chi connectivity index (χ4n) is 3.20. The summed E-state index contributed by atoms with van der Waals surface area (Å²) in [7, 11) is 1.65. The molecule has 2 heterocycles. The number of likely N-dealkylation sites (tertiary alicyclic amines) is 1. The Balaban J connectivity index is 1.67. The van der Waals surface area contributed by atoms with E-state index in [2.05, 4.69) is 10.3 Å². The maximum absolute atomic E-state index is 12.6. The molecule has 1 atom stereocenters. The van der Waals surface area contributed by atoms with Crippen molar-refractivity contribution in [3.63, 3.8) is 0 Å². The van der Waals surface area contributed by atoms with Gasteiger partial charge < -0.3 is 20.1 Å². The Morgan fingerprint density at radius 1 is 1.33 bits per heavy atom. The van der Waals surface area contributed by atoms with E-state index in [-0.39, 0.29) is 12.1 Å². The Morgan fingerprint density at radius 2 is 1.96 bits per heavy atom. The number of hydrogen-bond acceptors (Lipinski definition) is 5. The van der Waals surface area contributed by atoms with E-state index in [1.165, 1.54) is 0 Å². The lowest BCUT2D eigenvalue weighted by molar-refractivity contribution is 0.00420. The van der Waals surface area contributed by atoms with E-state index in [9.17, 15) is 9.90 Å². The zero-order valence-corrected chi connectivity index (χ0v) is 17.1. The molecule has 1 aromatic carbocycles. The van der Waals surface area contributed by atoms with Gasteiger partial charge in [-0.05, 0) is 57.9 Å². The van der Waals surface area contributed by atoms with E-state index in [4.69, 9.17) is 4.74 Å². The van der Waals surface area contributed by atoms with Gasteiger partial charge in [0.05, 0.1) is 29.3 Å². The Morgan fingerprint density at radius 3 is 2.56 bits per heavy atom. The molecule has 0 spiro atoms. The number of piperidine rings is 1. The van der Waals surface area contributed by atoms with Crippen molar-refractivity contribution in [2.45, 2.75) is 45.3 Å². The fraction of sp³-hybridized carbons (Fsp3) is 0.500. The first-order valence-electron chi connectivity index (χ1n) is 9.18. The first kappa shape index (κ1) is 19.6. The molecule has 2 amide bonds. The molecule has 3 rings (SSSR count). The van der Waals surface area contributed by atoms with Crippen LogP contribution in [0.25, 0.3) is 10.6 Å². The fourth-order valence-corrected chi connectivity index (χ4v) is 4.27. The van der Waals surface area contributed by atoms with Gasteiger partial charge in [-0.15, -0.1) is 11.3 Å². The van der Waals surface area contributed by atoms with Gasteiger partial charge in [-0.25, -0.2) is 9.78 Å². The second-order valence-electron chi connectivity index (χ2n) is 7.35. The van der Waals surface area contributed by atoms with Crippen molar-refractivity contribution in [1.29, 1.82) is 0 Å². The minimum absolute atomic E-state index is 0.0863. The largest absolute Gasteiger partial charge is 0.497 e. The Bertz CT molecular complexity index is 791. The van der Waals surface area contributed by atoms with E-state index < -0.39 is 5.60 Å². The van der Waals surface area contributed by atoms with Crippen LogP contribution in [0.3, 0.4) is 0 Å². The summed E-state index contributed by atoms with van der Waals surface area (Å²) in [5.74, 6) is 0.813. The predicted molar refractivity (Wildman–Crippen MR) is 107 cm³/mol. The molecule has 0 aliphatic carbocycles. The molecule has 1 aromatic heterocycles. The normalized spacial score (nSPS) is 17.4. The number of methoxy groups -OCH3 is 1. The van der Waals surface area contributed by atoms with Crippen LogP contribution in [0.5, 0.6) is 5.75 Å². The molecule has 1 aliphatic rings. The van der Waals surface area contributed by atoms with Gasteiger partial charge in [-0.1, -0.05) is 0 Å².